The third-order valence-corrected chi connectivity index (χ3v) is 3.74. The van der Waals surface area contributed by atoms with E-state index in [9.17, 15) is 22.8 Å². The Labute approximate surface area is 159 Å². The summed E-state index contributed by atoms with van der Waals surface area (Å²) >= 11 is 0. The van der Waals surface area contributed by atoms with Crippen molar-refractivity contribution in [3.05, 3.63) is 36.4 Å². The summed E-state index contributed by atoms with van der Waals surface area (Å²) in [6.45, 7) is 4.58. The van der Waals surface area contributed by atoms with E-state index in [1.165, 1.54) is 37.3 Å². The minimum absolute atomic E-state index is 0.0962. The van der Waals surface area contributed by atoms with E-state index in [-0.39, 0.29) is 24.5 Å². The molecule has 2 aromatic rings. The summed E-state index contributed by atoms with van der Waals surface area (Å²) in [6.07, 6.45) is -2.07. The Hall–Kier alpha value is -2.95. The summed E-state index contributed by atoms with van der Waals surface area (Å²) < 4.78 is 45.2. The number of esters is 1. The lowest BCUT2D eigenvalue weighted by molar-refractivity contribution is -0.149. The maximum atomic E-state index is 13.0. The molecule has 0 atom stereocenters. The Balaban J connectivity index is 2.19. The molecule has 0 bridgehead atoms. The molecule has 2 rings (SSSR count). The van der Waals surface area contributed by atoms with Gasteiger partial charge in [0.15, 0.2) is 0 Å². The molecule has 0 radical (unpaired) electrons. The summed E-state index contributed by atoms with van der Waals surface area (Å²) in [5.41, 5.74) is -1.95. The molecule has 0 unspecified atom stereocenters. The van der Waals surface area contributed by atoms with Gasteiger partial charge in [-0.2, -0.15) is 18.3 Å². The van der Waals surface area contributed by atoms with Gasteiger partial charge in [0, 0.05) is 0 Å². The minimum atomic E-state index is -4.58. The molecule has 0 saturated carbocycles. The Kier molecular flexibility index (Phi) is 6.39. The standard InChI is InChI=1S/C17H20F3N5O3/c1-4-28-15(27)16(2,3)22-8-14(26)24-12-7-11(17(18,19)20)5-6-13(12)25-10-21-9-23-25/h5-7,9-10,22H,4,8H2,1-3H3,(H,24,26). The number of nitrogens with one attached hydrogen (secondary N) is 2. The molecule has 152 valence electrons. The van der Waals surface area contributed by atoms with Crippen LogP contribution in [0.15, 0.2) is 30.9 Å². The van der Waals surface area contributed by atoms with Crippen molar-refractivity contribution in [1.29, 1.82) is 0 Å². The fourth-order valence-electron chi connectivity index (χ4n) is 2.22. The molecule has 0 aliphatic carbocycles. The van der Waals surface area contributed by atoms with Crippen LogP contribution in [0, 0.1) is 0 Å². The normalized spacial score (nSPS) is 11.9. The number of anilines is 1. The van der Waals surface area contributed by atoms with Gasteiger partial charge in [0.25, 0.3) is 0 Å². The Morgan fingerprint density at radius 3 is 2.54 bits per heavy atom. The highest BCUT2D eigenvalue weighted by atomic mass is 19.4. The Morgan fingerprint density at radius 1 is 1.25 bits per heavy atom. The fourth-order valence-corrected chi connectivity index (χ4v) is 2.22. The van der Waals surface area contributed by atoms with Crippen molar-refractivity contribution in [3.63, 3.8) is 0 Å². The van der Waals surface area contributed by atoms with Gasteiger partial charge in [-0.25, -0.2) is 9.67 Å². The van der Waals surface area contributed by atoms with Crippen molar-refractivity contribution < 1.29 is 27.5 Å². The van der Waals surface area contributed by atoms with Crippen molar-refractivity contribution >= 4 is 17.6 Å². The molecular weight excluding hydrogens is 379 g/mol. The molecule has 0 aliphatic rings. The molecule has 2 N–H and O–H groups in total. The van der Waals surface area contributed by atoms with Gasteiger partial charge in [0.05, 0.1) is 30.1 Å². The Morgan fingerprint density at radius 2 is 1.96 bits per heavy atom. The number of ether oxygens (including phenoxy) is 1. The molecule has 1 heterocycles. The number of alkyl halides is 3. The highest BCUT2D eigenvalue weighted by Gasteiger charge is 2.32. The molecule has 28 heavy (non-hydrogen) atoms. The highest BCUT2D eigenvalue weighted by molar-refractivity contribution is 5.95. The predicted octanol–water partition coefficient (Wildman–Crippen LogP) is 2.16. The van der Waals surface area contributed by atoms with Crippen LogP contribution >= 0.6 is 0 Å². The second-order valence-corrected chi connectivity index (χ2v) is 6.32. The van der Waals surface area contributed by atoms with Gasteiger partial charge >= 0.3 is 12.1 Å². The van der Waals surface area contributed by atoms with Crippen molar-refractivity contribution in [2.75, 3.05) is 18.5 Å². The summed E-state index contributed by atoms with van der Waals surface area (Å²) in [7, 11) is 0. The van der Waals surface area contributed by atoms with E-state index >= 15 is 0 Å². The lowest BCUT2D eigenvalue weighted by Gasteiger charge is -2.23. The molecule has 0 spiro atoms. The zero-order valence-corrected chi connectivity index (χ0v) is 15.5. The molecule has 1 aromatic heterocycles. The van der Waals surface area contributed by atoms with Crippen LogP contribution in [0.25, 0.3) is 5.69 Å². The predicted molar refractivity (Wildman–Crippen MR) is 93.7 cm³/mol. The monoisotopic (exact) mass is 399 g/mol. The van der Waals surface area contributed by atoms with Crippen LogP contribution in [-0.2, 0) is 20.5 Å². The molecule has 1 aromatic carbocycles. The summed E-state index contributed by atoms with van der Waals surface area (Å²) in [5, 5.41) is 9.00. The zero-order valence-electron chi connectivity index (χ0n) is 15.5. The van der Waals surface area contributed by atoms with E-state index in [4.69, 9.17) is 4.74 Å². The fraction of sp³-hybridized carbons (Fsp3) is 0.412. The van der Waals surface area contributed by atoms with Crippen LogP contribution < -0.4 is 10.6 Å². The lowest BCUT2D eigenvalue weighted by Crippen LogP contribution is -2.50. The first-order valence-electron chi connectivity index (χ1n) is 8.33. The number of carbonyl (C=O) groups excluding carboxylic acids is 2. The molecule has 0 fully saturated rings. The molecule has 0 aliphatic heterocycles. The maximum Gasteiger partial charge on any atom is 0.416 e. The van der Waals surface area contributed by atoms with Crippen LogP contribution in [0.1, 0.15) is 26.3 Å². The zero-order chi connectivity index (χ0) is 20.9. The van der Waals surface area contributed by atoms with E-state index in [0.29, 0.717) is 0 Å². The van der Waals surface area contributed by atoms with E-state index in [1.807, 2.05) is 0 Å². The van der Waals surface area contributed by atoms with Crippen LogP contribution in [0.5, 0.6) is 0 Å². The van der Waals surface area contributed by atoms with Crippen LogP contribution in [0.4, 0.5) is 18.9 Å². The summed E-state index contributed by atoms with van der Waals surface area (Å²) in [5.74, 6) is -1.19. The van der Waals surface area contributed by atoms with E-state index in [1.54, 1.807) is 6.92 Å². The van der Waals surface area contributed by atoms with E-state index < -0.39 is 29.2 Å². The molecule has 8 nitrogen and oxygen atoms in total. The highest BCUT2D eigenvalue weighted by Crippen LogP contribution is 2.33. The minimum Gasteiger partial charge on any atom is -0.465 e. The summed E-state index contributed by atoms with van der Waals surface area (Å²) in [4.78, 5) is 27.9. The number of halogens is 3. The van der Waals surface area contributed by atoms with Crippen LogP contribution in [0.3, 0.4) is 0 Å². The molecule has 11 heteroatoms. The number of carbonyl (C=O) groups is 2. The number of nitrogens with zero attached hydrogens (tertiary/aromatic N) is 3. The number of hydrogen-bond acceptors (Lipinski definition) is 6. The smallest absolute Gasteiger partial charge is 0.416 e. The van der Waals surface area contributed by atoms with Gasteiger partial charge in [0.2, 0.25) is 5.91 Å². The first-order valence-corrected chi connectivity index (χ1v) is 8.33. The third-order valence-electron chi connectivity index (χ3n) is 3.74. The first-order chi connectivity index (χ1) is 13.0. The number of aromatic nitrogens is 3. The molecule has 0 saturated heterocycles. The average molecular weight is 399 g/mol. The maximum absolute atomic E-state index is 13.0. The largest absolute Gasteiger partial charge is 0.465 e. The van der Waals surface area contributed by atoms with Gasteiger partial charge in [-0.05, 0) is 39.0 Å². The van der Waals surface area contributed by atoms with Crippen LogP contribution in [0.2, 0.25) is 0 Å². The van der Waals surface area contributed by atoms with Gasteiger partial charge in [-0.3, -0.25) is 14.9 Å². The number of hydrogen-bond donors (Lipinski definition) is 2. The number of amides is 1. The number of benzene rings is 1. The SMILES string of the molecule is CCOC(=O)C(C)(C)NCC(=O)Nc1cc(C(F)(F)F)ccc1-n1cncn1. The van der Waals surface area contributed by atoms with E-state index in [0.717, 1.165) is 12.1 Å². The topological polar surface area (TPSA) is 98.1 Å². The lowest BCUT2D eigenvalue weighted by atomic mass is 10.1. The molecule has 1 amide bonds. The second-order valence-electron chi connectivity index (χ2n) is 6.32. The second kappa shape index (κ2) is 8.38. The van der Waals surface area contributed by atoms with Gasteiger partial charge in [0.1, 0.15) is 18.2 Å². The van der Waals surface area contributed by atoms with Gasteiger partial charge in [-0.15, -0.1) is 0 Å². The number of rotatable bonds is 7. The Bertz CT molecular complexity index is 835. The van der Waals surface area contributed by atoms with Gasteiger partial charge < -0.3 is 10.1 Å². The van der Waals surface area contributed by atoms with Gasteiger partial charge in [-0.1, -0.05) is 0 Å². The van der Waals surface area contributed by atoms with Crippen molar-refractivity contribution in [3.8, 4) is 5.69 Å². The first kappa shape index (κ1) is 21.4. The average Bonchev–Trinajstić information content (AvgIpc) is 3.14. The van der Waals surface area contributed by atoms with E-state index in [2.05, 4.69) is 20.7 Å². The summed E-state index contributed by atoms with van der Waals surface area (Å²) in [6, 6.07) is 2.88. The van der Waals surface area contributed by atoms with Crippen LogP contribution in [-0.4, -0.2) is 45.3 Å². The quantitative estimate of drug-likeness (QED) is 0.693. The van der Waals surface area contributed by atoms with Crippen molar-refractivity contribution in [2.45, 2.75) is 32.5 Å². The van der Waals surface area contributed by atoms with Crippen molar-refractivity contribution in [2.24, 2.45) is 0 Å². The van der Waals surface area contributed by atoms with Crippen molar-refractivity contribution in [1.82, 2.24) is 20.1 Å². The third kappa shape index (κ3) is 5.28. The molecular formula is C17H20F3N5O3.